The highest BCUT2D eigenvalue weighted by molar-refractivity contribution is 5.97. The maximum atomic E-state index is 13.6. The maximum absolute atomic E-state index is 13.6. The lowest BCUT2D eigenvalue weighted by Crippen LogP contribution is -2.44. The smallest absolute Gasteiger partial charge is 0.247 e. The van der Waals surface area contributed by atoms with Crippen molar-refractivity contribution in [1.82, 2.24) is 19.9 Å². The van der Waals surface area contributed by atoms with Gasteiger partial charge in [0.15, 0.2) is 0 Å². The number of carbonyl (C=O) groups is 2. The number of nitrogens with zero attached hydrogens (tertiary/aromatic N) is 4. The molecule has 200 valence electrons. The van der Waals surface area contributed by atoms with E-state index in [0.29, 0.717) is 36.6 Å². The predicted octanol–water partition coefficient (Wildman–Crippen LogP) is 4.76. The van der Waals surface area contributed by atoms with Crippen molar-refractivity contribution in [2.45, 2.75) is 32.4 Å². The molecule has 0 bridgehead atoms. The number of aromatic nitrogens is 3. The van der Waals surface area contributed by atoms with Crippen molar-refractivity contribution >= 4 is 17.5 Å². The molecule has 5 rings (SSSR count). The molecular formula is C29H27F2N5O3. The first-order chi connectivity index (χ1) is 18.8. The second-order valence-corrected chi connectivity index (χ2v) is 9.61. The molecule has 1 aromatic heterocycles. The number of anilines is 1. The number of likely N-dealkylation sites (tertiary alicyclic amines) is 1. The van der Waals surface area contributed by atoms with Crippen LogP contribution in [0, 0.1) is 24.5 Å². The molecule has 1 aliphatic rings. The molecule has 0 saturated carbocycles. The monoisotopic (exact) mass is 531 g/mol. The Morgan fingerprint density at radius 3 is 2.36 bits per heavy atom. The Hall–Kier alpha value is -4.60. The van der Waals surface area contributed by atoms with Gasteiger partial charge in [-0.25, -0.2) is 13.5 Å². The molecule has 3 aromatic carbocycles. The fourth-order valence-corrected chi connectivity index (χ4v) is 4.81. The highest BCUT2D eigenvalue weighted by Gasteiger charge is 2.39. The van der Waals surface area contributed by atoms with E-state index in [4.69, 9.17) is 4.74 Å². The molecule has 2 amide bonds. The minimum Gasteiger partial charge on any atom is -0.457 e. The Balaban J connectivity index is 1.28. The minimum atomic E-state index is -0.679. The van der Waals surface area contributed by atoms with Gasteiger partial charge in [-0.15, -0.1) is 5.10 Å². The number of amides is 2. The zero-order valence-corrected chi connectivity index (χ0v) is 21.3. The highest BCUT2D eigenvalue weighted by Crippen LogP contribution is 2.30. The average molecular weight is 532 g/mol. The van der Waals surface area contributed by atoms with E-state index < -0.39 is 6.04 Å². The van der Waals surface area contributed by atoms with Crippen LogP contribution in [0.2, 0.25) is 0 Å². The van der Waals surface area contributed by atoms with E-state index in [2.05, 4.69) is 15.6 Å². The van der Waals surface area contributed by atoms with E-state index in [1.54, 1.807) is 41.4 Å². The van der Waals surface area contributed by atoms with Gasteiger partial charge in [0, 0.05) is 18.4 Å². The van der Waals surface area contributed by atoms with Gasteiger partial charge in [0.2, 0.25) is 11.8 Å². The summed E-state index contributed by atoms with van der Waals surface area (Å²) in [6.45, 7) is 2.23. The van der Waals surface area contributed by atoms with Crippen molar-refractivity contribution < 1.29 is 23.1 Å². The third kappa shape index (κ3) is 6.46. The molecule has 1 fully saturated rings. The van der Waals surface area contributed by atoms with E-state index in [1.165, 1.54) is 47.3 Å². The number of hydrogen-bond donors (Lipinski definition) is 1. The molecule has 0 unspecified atom stereocenters. The van der Waals surface area contributed by atoms with Crippen molar-refractivity contribution in [3.63, 3.8) is 0 Å². The molecule has 1 saturated heterocycles. The van der Waals surface area contributed by atoms with E-state index in [1.807, 2.05) is 6.92 Å². The van der Waals surface area contributed by atoms with Crippen LogP contribution in [0.4, 0.5) is 14.5 Å². The zero-order chi connectivity index (χ0) is 27.4. The van der Waals surface area contributed by atoms with E-state index in [0.717, 1.165) is 11.1 Å². The minimum absolute atomic E-state index is 0.0242. The lowest BCUT2D eigenvalue weighted by Gasteiger charge is -2.24. The van der Waals surface area contributed by atoms with Gasteiger partial charge in [-0.2, -0.15) is 0 Å². The Morgan fingerprint density at radius 2 is 1.69 bits per heavy atom. The quantitative estimate of drug-likeness (QED) is 0.354. The van der Waals surface area contributed by atoms with Crippen LogP contribution in [-0.4, -0.2) is 44.3 Å². The summed E-state index contributed by atoms with van der Waals surface area (Å²) >= 11 is 0. The molecule has 1 aliphatic heterocycles. The van der Waals surface area contributed by atoms with Gasteiger partial charge in [-0.05, 0) is 97.5 Å². The summed E-state index contributed by atoms with van der Waals surface area (Å²) in [5.74, 6) is -0.136. The third-order valence-electron chi connectivity index (χ3n) is 6.76. The van der Waals surface area contributed by atoms with Gasteiger partial charge in [0.05, 0.1) is 6.20 Å². The molecule has 0 aliphatic carbocycles. The van der Waals surface area contributed by atoms with Crippen LogP contribution in [-0.2, 0) is 22.6 Å². The summed E-state index contributed by atoms with van der Waals surface area (Å²) in [6, 6.07) is 16.5. The van der Waals surface area contributed by atoms with Crippen molar-refractivity contribution in [3.8, 4) is 11.5 Å². The van der Waals surface area contributed by atoms with Crippen LogP contribution >= 0.6 is 0 Å². The fourth-order valence-electron chi connectivity index (χ4n) is 4.81. The summed E-state index contributed by atoms with van der Waals surface area (Å²) < 4.78 is 33.9. The van der Waals surface area contributed by atoms with Crippen LogP contribution in [0.15, 0.2) is 79.1 Å². The normalized spacial score (nSPS) is 16.7. The zero-order valence-electron chi connectivity index (χ0n) is 21.3. The second kappa shape index (κ2) is 11.4. The Morgan fingerprint density at radius 1 is 1.00 bits per heavy atom. The topological polar surface area (TPSA) is 89.4 Å². The van der Waals surface area contributed by atoms with Crippen LogP contribution in [0.5, 0.6) is 11.5 Å². The van der Waals surface area contributed by atoms with Gasteiger partial charge in [-0.1, -0.05) is 11.3 Å². The molecule has 10 heteroatoms. The van der Waals surface area contributed by atoms with Crippen LogP contribution in [0.25, 0.3) is 0 Å². The van der Waals surface area contributed by atoms with Crippen molar-refractivity contribution in [1.29, 1.82) is 0 Å². The SMILES string of the molecule is Cc1cc(F)ccc1C[C@@H]1C[C@@H](C(=O)Nc2ccc(Oc3ccc(F)cc3)cc2)N(C(=O)Cn2ccnn2)C1. The summed E-state index contributed by atoms with van der Waals surface area (Å²) in [4.78, 5) is 28.2. The Bertz CT molecular complexity index is 1440. The summed E-state index contributed by atoms with van der Waals surface area (Å²) in [5.41, 5.74) is 2.38. The number of halogens is 2. The van der Waals surface area contributed by atoms with Gasteiger partial charge >= 0.3 is 0 Å². The lowest BCUT2D eigenvalue weighted by atomic mass is 9.94. The van der Waals surface area contributed by atoms with Crippen LogP contribution < -0.4 is 10.1 Å². The molecule has 4 aromatic rings. The molecular weight excluding hydrogens is 504 g/mol. The molecule has 1 N–H and O–H groups in total. The van der Waals surface area contributed by atoms with Gasteiger partial charge in [0.1, 0.15) is 35.7 Å². The van der Waals surface area contributed by atoms with E-state index >= 15 is 0 Å². The number of hydrogen-bond acceptors (Lipinski definition) is 5. The van der Waals surface area contributed by atoms with Crippen molar-refractivity contribution in [2.75, 3.05) is 11.9 Å². The van der Waals surface area contributed by atoms with Crippen molar-refractivity contribution in [3.05, 3.63) is 102 Å². The first-order valence-electron chi connectivity index (χ1n) is 12.6. The van der Waals surface area contributed by atoms with Crippen LogP contribution in [0.3, 0.4) is 0 Å². The first kappa shape index (κ1) is 26.0. The number of nitrogens with one attached hydrogen (secondary N) is 1. The van der Waals surface area contributed by atoms with Crippen LogP contribution in [0.1, 0.15) is 17.5 Å². The summed E-state index contributed by atoms with van der Waals surface area (Å²) in [6.07, 6.45) is 4.18. The summed E-state index contributed by atoms with van der Waals surface area (Å²) in [5, 5.41) is 10.5. The maximum Gasteiger partial charge on any atom is 0.247 e. The molecule has 8 nitrogen and oxygen atoms in total. The summed E-state index contributed by atoms with van der Waals surface area (Å²) in [7, 11) is 0. The Kier molecular flexibility index (Phi) is 7.62. The fraction of sp³-hybridized carbons (Fsp3) is 0.241. The van der Waals surface area contributed by atoms with Gasteiger partial charge < -0.3 is 15.0 Å². The molecule has 2 atom stereocenters. The van der Waals surface area contributed by atoms with Gasteiger partial charge in [0.25, 0.3) is 0 Å². The first-order valence-corrected chi connectivity index (χ1v) is 12.6. The third-order valence-corrected chi connectivity index (χ3v) is 6.76. The lowest BCUT2D eigenvalue weighted by molar-refractivity contribution is -0.137. The number of rotatable bonds is 8. The van der Waals surface area contributed by atoms with E-state index in [9.17, 15) is 18.4 Å². The van der Waals surface area contributed by atoms with Gasteiger partial charge in [-0.3, -0.25) is 9.59 Å². The molecule has 39 heavy (non-hydrogen) atoms. The number of carbonyl (C=O) groups excluding carboxylic acids is 2. The molecule has 0 radical (unpaired) electrons. The van der Waals surface area contributed by atoms with E-state index in [-0.39, 0.29) is 35.9 Å². The number of benzene rings is 3. The number of aryl methyl sites for hydroxylation is 1. The number of ether oxygens (including phenoxy) is 1. The van der Waals surface area contributed by atoms with Crippen molar-refractivity contribution in [2.24, 2.45) is 5.92 Å². The molecule has 0 spiro atoms. The predicted molar refractivity (Wildman–Crippen MR) is 140 cm³/mol. The highest BCUT2D eigenvalue weighted by atomic mass is 19.1. The second-order valence-electron chi connectivity index (χ2n) is 9.61. The Labute approximate surface area is 224 Å². The average Bonchev–Trinajstić information content (AvgIpc) is 3.58. The standard InChI is InChI=1S/C29H27F2N5O3/c1-19-14-23(31)3-2-21(19)15-20-16-27(36(17-20)28(37)18-35-13-12-32-34-35)29(38)33-24-6-10-26(11-7-24)39-25-8-4-22(30)5-9-25/h2-14,20,27H,15-18H2,1H3,(H,33,38)/t20-,27+/m1/s1. The molecule has 2 heterocycles. The largest absolute Gasteiger partial charge is 0.457 e.